The summed E-state index contributed by atoms with van der Waals surface area (Å²) >= 11 is 0. The number of nitrogens with zero attached hydrogens (tertiary/aromatic N) is 1. The maximum atomic E-state index is 5.71. The van der Waals surface area contributed by atoms with Crippen LogP contribution in [0.4, 0.5) is 0 Å². The monoisotopic (exact) mass is 292 g/mol. The summed E-state index contributed by atoms with van der Waals surface area (Å²) in [6, 6.07) is 9.49. The second-order valence-electron chi connectivity index (χ2n) is 5.88. The van der Waals surface area contributed by atoms with Crippen molar-refractivity contribution in [3.63, 3.8) is 0 Å². The lowest BCUT2D eigenvalue weighted by Crippen LogP contribution is -2.47. The highest BCUT2D eigenvalue weighted by atomic mass is 16.5. The summed E-state index contributed by atoms with van der Waals surface area (Å²) in [6.07, 6.45) is 1.42. The minimum atomic E-state index is 0.286. The van der Waals surface area contributed by atoms with Crippen LogP contribution >= 0.6 is 0 Å². The van der Waals surface area contributed by atoms with E-state index in [0.717, 1.165) is 18.8 Å². The molecule has 4 heteroatoms. The van der Waals surface area contributed by atoms with Crippen LogP contribution in [0.5, 0.6) is 5.75 Å². The highest BCUT2D eigenvalue weighted by Gasteiger charge is 2.33. The van der Waals surface area contributed by atoms with Crippen molar-refractivity contribution >= 4 is 0 Å². The van der Waals surface area contributed by atoms with Crippen LogP contribution in [-0.2, 0) is 4.74 Å². The van der Waals surface area contributed by atoms with E-state index in [1.54, 1.807) is 7.11 Å². The zero-order valence-corrected chi connectivity index (χ0v) is 13.8. The predicted molar refractivity (Wildman–Crippen MR) is 85.8 cm³/mol. The molecule has 0 spiro atoms. The molecule has 0 radical (unpaired) electrons. The molecule has 0 aromatic heterocycles. The Hall–Kier alpha value is -1.10. The molecule has 0 saturated carbocycles. The second-order valence-corrected chi connectivity index (χ2v) is 5.88. The van der Waals surface area contributed by atoms with Gasteiger partial charge in [0.2, 0.25) is 0 Å². The Morgan fingerprint density at radius 2 is 2.00 bits per heavy atom. The van der Waals surface area contributed by atoms with Gasteiger partial charge in [0.1, 0.15) is 5.75 Å². The summed E-state index contributed by atoms with van der Waals surface area (Å²) in [5.41, 5.74) is 1.28. The van der Waals surface area contributed by atoms with Gasteiger partial charge in [-0.15, -0.1) is 0 Å². The van der Waals surface area contributed by atoms with Crippen molar-refractivity contribution in [1.29, 1.82) is 0 Å². The van der Waals surface area contributed by atoms with Crippen molar-refractivity contribution < 1.29 is 9.47 Å². The Morgan fingerprint density at radius 3 is 2.48 bits per heavy atom. The number of nitrogens with one attached hydrogen (secondary N) is 1. The number of hydrogen-bond acceptors (Lipinski definition) is 4. The molecule has 1 saturated heterocycles. The van der Waals surface area contributed by atoms with Gasteiger partial charge in [0, 0.05) is 24.7 Å². The van der Waals surface area contributed by atoms with Crippen LogP contribution in [0, 0.1) is 0 Å². The highest BCUT2D eigenvalue weighted by molar-refractivity contribution is 5.29. The lowest BCUT2D eigenvalue weighted by Gasteiger charge is -2.37. The third-order valence-electron chi connectivity index (χ3n) is 4.77. The molecule has 1 fully saturated rings. The topological polar surface area (TPSA) is 33.7 Å². The first-order chi connectivity index (χ1) is 10.1. The number of hydrogen-bond donors (Lipinski definition) is 1. The largest absolute Gasteiger partial charge is 0.497 e. The maximum Gasteiger partial charge on any atom is 0.118 e. The Kier molecular flexibility index (Phi) is 5.62. The van der Waals surface area contributed by atoms with Gasteiger partial charge in [-0.25, -0.2) is 0 Å². The number of rotatable bonds is 6. The molecular weight excluding hydrogens is 264 g/mol. The molecule has 0 aliphatic carbocycles. The van der Waals surface area contributed by atoms with Crippen molar-refractivity contribution in [2.75, 3.05) is 27.8 Å². The van der Waals surface area contributed by atoms with E-state index in [0.29, 0.717) is 18.2 Å². The fraction of sp³-hybridized carbons (Fsp3) is 0.647. The summed E-state index contributed by atoms with van der Waals surface area (Å²) in [5, 5.41) is 3.45. The van der Waals surface area contributed by atoms with E-state index in [4.69, 9.17) is 9.47 Å². The predicted octanol–water partition coefficient (Wildman–Crippen LogP) is 2.45. The summed E-state index contributed by atoms with van der Waals surface area (Å²) in [7, 11) is 5.92. The van der Waals surface area contributed by atoms with E-state index < -0.39 is 0 Å². The standard InChI is InChI=1S/C17H28N2O2/c1-12(19(4)16-10-11-21-13(16)2)17(18-3)14-6-8-15(20-5)9-7-14/h6-9,12-13,16-18H,10-11H2,1-5H3. The minimum absolute atomic E-state index is 0.286. The zero-order chi connectivity index (χ0) is 15.4. The third-order valence-corrected chi connectivity index (χ3v) is 4.77. The summed E-state index contributed by atoms with van der Waals surface area (Å²) in [6.45, 7) is 5.31. The number of methoxy groups -OCH3 is 1. The first-order valence-electron chi connectivity index (χ1n) is 7.73. The van der Waals surface area contributed by atoms with E-state index in [1.807, 2.05) is 19.2 Å². The first-order valence-corrected chi connectivity index (χ1v) is 7.73. The van der Waals surface area contributed by atoms with Gasteiger partial charge in [-0.3, -0.25) is 4.90 Å². The minimum Gasteiger partial charge on any atom is -0.497 e. The van der Waals surface area contributed by atoms with Crippen LogP contribution in [0.15, 0.2) is 24.3 Å². The first kappa shape index (κ1) is 16.3. The molecule has 1 aliphatic heterocycles. The van der Waals surface area contributed by atoms with Gasteiger partial charge in [0.05, 0.1) is 13.2 Å². The zero-order valence-electron chi connectivity index (χ0n) is 13.8. The highest BCUT2D eigenvalue weighted by Crippen LogP contribution is 2.27. The Bertz CT molecular complexity index is 435. The molecule has 4 atom stereocenters. The molecule has 2 rings (SSSR count). The average molecular weight is 292 g/mol. The van der Waals surface area contributed by atoms with Crippen molar-refractivity contribution in [3.8, 4) is 5.75 Å². The van der Waals surface area contributed by atoms with Gasteiger partial charge in [-0.2, -0.15) is 0 Å². The molecule has 0 bridgehead atoms. The van der Waals surface area contributed by atoms with Gasteiger partial charge in [0.25, 0.3) is 0 Å². The number of ether oxygens (including phenoxy) is 2. The molecule has 21 heavy (non-hydrogen) atoms. The Labute approximate surface area is 128 Å². The van der Waals surface area contributed by atoms with E-state index in [9.17, 15) is 0 Å². The van der Waals surface area contributed by atoms with Gasteiger partial charge in [-0.05, 0) is 52.1 Å². The molecule has 1 aromatic carbocycles. The molecule has 4 nitrogen and oxygen atoms in total. The van der Waals surface area contributed by atoms with Crippen LogP contribution < -0.4 is 10.1 Å². The molecule has 1 aliphatic rings. The third kappa shape index (κ3) is 3.57. The Morgan fingerprint density at radius 1 is 1.33 bits per heavy atom. The molecular formula is C17H28N2O2. The molecule has 1 aromatic rings. The van der Waals surface area contributed by atoms with Crippen LogP contribution in [0.1, 0.15) is 31.9 Å². The van der Waals surface area contributed by atoms with E-state index >= 15 is 0 Å². The number of benzene rings is 1. The van der Waals surface area contributed by atoms with E-state index in [2.05, 4.69) is 43.2 Å². The number of likely N-dealkylation sites (N-methyl/N-ethyl adjacent to an activating group) is 2. The van der Waals surface area contributed by atoms with Crippen LogP contribution in [-0.4, -0.2) is 50.9 Å². The normalized spacial score (nSPS) is 25.0. The fourth-order valence-electron chi connectivity index (χ4n) is 3.29. The van der Waals surface area contributed by atoms with Crippen molar-refractivity contribution in [2.45, 2.75) is 44.5 Å². The van der Waals surface area contributed by atoms with Crippen LogP contribution in [0.25, 0.3) is 0 Å². The second kappa shape index (κ2) is 7.25. The van der Waals surface area contributed by atoms with Crippen LogP contribution in [0.3, 0.4) is 0 Å². The van der Waals surface area contributed by atoms with E-state index in [-0.39, 0.29) is 6.04 Å². The molecule has 118 valence electrons. The molecule has 1 N–H and O–H groups in total. The summed E-state index contributed by atoms with van der Waals surface area (Å²) in [4.78, 5) is 2.45. The molecule has 4 unspecified atom stereocenters. The van der Waals surface area contributed by atoms with Crippen LogP contribution in [0.2, 0.25) is 0 Å². The summed E-state index contributed by atoms with van der Waals surface area (Å²) < 4.78 is 10.9. The quantitative estimate of drug-likeness (QED) is 0.873. The van der Waals surface area contributed by atoms with Crippen molar-refractivity contribution in [1.82, 2.24) is 10.2 Å². The molecule has 0 amide bonds. The van der Waals surface area contributed by atoms with Gasteiger partial charge in [0.15, 0.2) is 0 Å². The van der Waals surface area contributed by atoms with Gasteiger partial charge in [-0.1, -0.05) is 12.1 Å². The van der Waals surface area contributed by atoms with E-state index in [1.165, 1.54) is 5.56 Å². The summed E-state index contributed by atoms with van der Waals surface area (Å²) in [5.74, 6) is 0.896. The van der Waals surface area contributed by atoms with Crippen molar-refractivity contribution in [3.05, 3.63) is 29.8 Å². The van der Waals surface area contributed by atoms with Gasteiger partial charge >= 0.3 is 0 Å². The fourth-order valence-corrected chi connectivity index (χ4v) is 3.29. The smallest absolute Gasteiger partial charge is 0.118 e. The van der Waals surface area contributed by atoms with Gasteiger partial charge < -0.3 is 14.8 Å². The SMILES string of the molecule is CNC(c1ccc(OC)cc1)C(C)N(C)C1CCOC1C. The van der Waals surface area contributed by atoms with Crippen molar-refractivity contribution in [2.24, 2.45) is 0 Å². The average Bonchev–Trinajstić information content (AvgIpc) is 2.94. The molecule has 1 heterocycles. The lowest BCUT2D eigenvalue weighted by atomic mass is 9.97. The Balaban J connectivity index is 2.11. The lowest BCUT2D eigenvalue weighted by molar-refractivity contribution is 0.0629. The maximum absolute atomic E-state index is 5.71.